The average molecular weight is 689 g/mol. The van der Waals surface area contributed by atoms with Crippen LogP contribution in [0.1, 0.15) is 12.0 Å². The summed E-state index contributed by atoms with van der Waals surface area (Å²) in [6.07, 6.45) is 11.8. The maximum Gasteiger partial charge on any atom is 0.332 e. The molecule has 0 aliphatic heterocycles. The number of nitrogens with one attached hydrogen (secondary N) is 1. The first-order chi connectivity index (χ1) is 23.0. The first-order valence-electron chi connectivity index (χ1n) is 14.6. The predicted molar refractivity (Wildman–Crippen MR) is 186 cm³/mol. The normalized spacial score (nSPS) is 10.8. The molecule has 1 N–H and O–H groups in total. The molecule has 1 aromatic carbocycles. The van der Waals surface area contributed by atoms with E-state index in [-0.39, 0.29) is 24.7 Å². The van der Waals surface area contributed by atoms with Crippen molar-refractivity contribution in [1.29, 1.82) is 5.26 Å². The van der Waals surface area contributed by atoms with E-state index in [0.29, 0.717) is 17.3 Å². The van der Waals surface area contributed by atoms with Gasteiger partial charge in [0.2, 0.25) is 5.78 Å². The second-order valence-electron chi connectivity index (χ2n) is 10.4. The molecule has 15 heteroatoms. The van der Waals surface area contributed by atoms with Crippen molar-refractivity contribution in [3.63, 3.8) is 0 Å². The van der Waals surface area contributed by atoms with Gasteiger partial charge in [0.15, 0.2) is 0 Å². The maximum atomic E-state index is 13.2. The molecule has 0 radical (unpaired) electrons. The molecule has 0 bridgehead atoms. The quantitative estimate of drug-likeness (QED) is 0.0925. The van der Waals surface area contributed by atoms with Gasteiger partial charge in [-0.3, -0.25) is 33.1 Å². The molecule has 4 rings (SSSR count). The minimum absolute atomic E-state index is 0.204. The Bertz CT molecular complexity index is 1870. The topological polar surface area (TPSA) is 146 Å². The summed E-state index contributed by atoms with van der Waals surface area (Å²) < 4.78 is 3.86. The Morgan fingerprint density at radius 3 is 1.98 bits per heavy atom. The van der Waals surface area contributed by atoms with Crippen LogP contribution in [-0.2, 0) is 9.59 Å². The molecule has 48 heavy (non-hydrogen) atoms. The van der Waals surface area contributed by atoms with Crippen molar-refractivity contribution < 1.29 is 24.0 Å². The summed E-state index contributed by atoms with van der Waals surface area (Å²) in [6.45, 7) is 0.276. The minimum Gasteiger partial charge on any atom is -0.326 e. The number of rotatable bonds is 11. The van der Waals surface area contributed by atoms with Crippen molar-refractivity contribution in [2.45, 2.75) is 11.3 Å². The van der Waals surface area contributed by atoms with Crippen molar-refractivity contribution in [1.82, 2.24) is 18.6 Å². The average Bonchev–Trinajstić information content (AvgIpc) is 3.89. The largest absolute Gasteiger partial charge is 0.332 e. The van der Waals surface area contributed by atoms with Crippen LogP contribution in [0.25, 0.3) is 6.08 Å². The van der Waals surface area contributed by atoms with E-state index in [1.807, 2.05) is 30.3 Å². The molecule has 0 aliphatic rings. The van der Waals surface area contributed by atoms with Crippen molar-refractivity contribution >= 4 is 76.3 Å². The van der Waals surface area contributed by atoms with E-state index in [1.54, 1.807) is 44.1 Å². The van der Waals surface area contributed by atoms with Gasteiger partial charge in [0.05, 0.1) is 29.6 Å². The second-order valence-corrected chi connectivity index (χ2v) is 12.0. The number of benzene rings is 1. The molecule has 0 saturated carbocycles. The highest BCUT2D eigenvalue weighted by Crippen LogP contribution is 2.21. The van der Waals surface area contributed by atoms with E-state index in [0.717, 1.165) is 16.2 Å². The van der Waals surface area contributed by atoms with Crippen molar-refractivity contribution in [3.05, 3.63) is 91.3 Å². The lowest BCUT2D eigenvalue weighted by Gasteiger charge is -2.18. The summed E-state index contributed by atoms with van der Waals surface area (Å²) >= 11 is 7.34. The third-order valence-electron chi connectivity index (χ3n) is 7.08. The summed E-state index contributed by atoms with van der Waals surface area (Å²) in [5, 5.41) is 11.2. The zero-order valence-corrected chi connectivity index (χ0v) is 28.0. The van der Waals surface area contributed by atoms with E-state index in [2.05, 4.69) is 5.32 Å². The van der Waals surface area contributed by atoms with E-state index in [4.69, 9.17) is 16.9 Å². The summed E-state index contributed by atoms with van der Waals surface area (Å²) in [4.78, 5) is 68.9. The number of amides is 4. The molecule has 0 atom stereocenters. The molecular weight excluding hydrogens is 656 g/mol. The van der Waals surface area contributed by atoms with Gasteiger partial charge in [0.1, 0.15) is 0 Å². The molecule has 0 spiro atoms. The van der Waals surface area contributed by atoms with E-state index in [9.17, 15) is 24.0 Å². The Labute approximate surface area is 286 Å². The number of aromatic nitrogens is 3. The Balaban J connectivity index is 1.33. The highest BCUT2D eigenvalue weighted by molar-refractivity contribution is 7.99. The SMILES string of the molecule is CN(CCC#N)C(=O)n1ccc(N(C)C(=O)n2ccc(N(C)C(=O)n3ccc(NC(=O)C(=O)/C=C/c4ccc(SCCCl)cc4)c3)c2)c1. The molecule has 3 aromatic heterocycles. The number of thioether (sulfide) groups is 1. The molecule has 4 aromatic rings. The van der Waals surface area contributed by atoms with Crippen LogP contribution < -0.4 is 15.1 Å². The van der Waals surface area contributed by atoms with Gasteiger partial charge < -0.3 is 10.2 Å². The van der Waals surface area contributed by atoms with Crippen LogP contribution in [0.2, 0.25) is 0 Å². The number of nitrogens with zero attached hydrogens (tertiary/aromatic N) is 7. The van der Waals surface area contributed by atoms with Gasteiger partial charge in [-0.15, -0.1) is 23.4 Å². The number of carbonyl (C=O) groups is 5. The molecule has 4 amide bonds. The smallest absolute Gasteiger partial charge is 0.326 e. The zero-order chi connectivity index (χ0) is 34.8. The number of hydrogen-bond donors (Lipinski definition) is 1. The van der Waals surface area contributed by atoms with Gasteiger partial charge in [-0.2, -0.15) is 5.26 Å². The summed E-state index contributed by atoms with van der Waals surface area (Å²) in [5.41, 5.74) is 1.89. The van der Waals surface area contributed by atoms with E-state index < -0.39 is 23.8 Å². The third kappa shape index (κ3) is 8.84. The van der Waals surface area contributed by atoms with Gasteiger partial charge in [-0.05, 0) is 42.0 Å². The van der Waals surface area contributed by atoms with Crippen LogP contribution in [0.4, 0.5) is 31.4 Å². The maximum absolute atomic E-state index is 13.2. The minimum atomic E-state index is -0.857. The molecule has 248 valence electrons. The molecule has 0 aliphatic carbocycles. The predicted octanol–water partition coefficient (Wildman–Crippen LogP) is 5.67. The first kappa shape index (κ1) is 35.3. The summed E-state index contributed by atoms with van der Waals surface area (Å²) in [7, 11) is 4.67. The third-order valence-corrected chi connectivity index (χ3v) is 8.51. The molecule has 0 saturated heterocycles. The van der Waals surface area contributed by atoms with Crippen LogP contribution >= 0.6 is 23.4 Å². The van der Waals surface area contributed by atoms with E-state index >= 15 is 0 Å². The number of hydrogen-bond acceptors (Lipinski definition) is 7. The highest BCUT2D eigenvalue weighted by Gasteiger charge is 2.20. The van der Waals surface area contributed by atoms with Gasteiger partial charge in [0.25, 0.3) is 5.91 Å². The lowest BCUT2D eigenvalue weighted by atomic mass is 10.2. The zero-order valence-electron chi connectivity index (χ0n) is 26.4. The first-order valence-corrected chi connectivity index (χ1v) is 16.1. The Hall–Kier alpha value is -5.52. The number of carbonyl (C=O) groups excluding carboxylic acids is 5. The number of ketones is 1. The number of anilines is 3. The van der Waals surface area contributed by atoms with Crippen LogP contribution in [0.15, 0.2) is 90.6 Å². The molecule has 3 heterocycles. The Kier molecular flexibility index (Phi) is 12.0. The molecule has 0 unspecified atom stereocenters. The number of halogens is 1. The monoisotopic (exact) mass is 688 g/mol. The standard InChI is InChI=1S/C33H33ClN8O5S/c1-37(16-4-15-35)31(45)41-18-12-26(22-41)39(3)33(47)42-19-13-27(23-42)38(2)32(46)40-17-11-25(21-40)36-30(44)29(43)10-7-24-5-8-28(9-6-24)48-20-14-34/h5-13,17-19,21-23H,4,14,16,20H2,1-3H3,(H,36,44)/b10-7+. The van der Waals surface area contributed by atoms with Crippen molar-refractivity contribution in [2.24, 2.45) is 0 Å². The van der Waals surface area contributed by atoms with E-state index in [1.165, 1.54) is 84.8 Å². The Morgan fingerprint density at radius 1 is 0.833 bits per heavy atom. The fourth-order valence-corrected chi connectivity index (χ4v) is 5.22. The molecule has 13 nitrogen and oxygen atoms in total. The number of alkyl halides is 1. The van der Waals surface area contributed by atoms with Gasteiger partial charge in [-0.1, -0.05) is 18.2 Å². The van der Waals surface area contributed by atoms with Crippen molar-refractivity contribution in [3.8, 4) is 6.07 Å². The fourth-order valence-electron chi connectivity index (χ4n) is 4.34. The number of nitriles is 1. The van der Waals surface area contributed by atoms with Gasteiger partial charge in [-0.25, -0.2) is 14.4 Å². The molecular formula is C33H33ClN8O5S. The fraction of sp³-hybridized carbons (Fsp3) is 0.212. The van der Waals surface area contributed by atoms with Crippen LogP contribution in [0.5, 0.6) is 0 Å². The van der Waals surface area contributed by atoms with Crippen LogP contribution in [0.3, 0.4) is 0 Å². The Morgan fingerprint density at radius 2 is 1.40 bits per heavy atom. The van der Waals surface area contributed by atoms with Crippen molar-refractivity contribution in [2.75, 3.05) is 54.4 Å². The van der Waals surface area contributed by atoms with Gasteiger partial charge >= 0.3 is 18.1 Å². The van der Waals surface area contributed by atoms with Gasteiger partial charge in [0, 0.05) is 81.4 Å². The lowest BCUT2D eigenvalue weighted by molar-refractivity contribution is -0.131. The molecule has 0 fully saturated rings. The summed E-state index contributed by atoms with van der Waals surface area (Å²) in [6, 6.07) is 12.9. The lowest BCUT2D eigenvalue weighted by Crippen LogP contribution is -2.32. The van der Waals surface area contributed by atoms with Crippen LogP contribution in [0, 0.1) is 11.3 Å². The highest BCUT2D eigenvalue weighted by atomic mass is 35.5. The summed E-state index contributed by atoms with van der Waals surface area (Å²) in [5.74, 6) is -0.272. The van der Waals surface area contributed by atoms with Crippen LogP contribution in [-0.4, -0.2) is 87.7 Å². The second kappa shape index (κ2) is 16.3.